The minimum absolute atomic E-state index is 0.197. The minimum atomic E-state index is -0.224. The van der Waals surface area contributed by atoms with Gasteiger partial charge in [0.15, 0.2) is 0 Å². The molecule has 0 atom stereocenters. The summed E-state index contributed by atoms with van der Waals surface area (Å²) in [6.45, 7) is 6.74. The van der Waals surface area contributed by atoms with Gasteiger partial charge in [-0.2, -0.15) is 11.8 Å². The Balaban J connectivity index is 2.08. The number of nitrogens with two attached hydrogens (primary N) is 1. The highest BCUT2D eigenvalue weighted by Crippen LogP contribution is 2.40. The van der Waals surface area contributed by atoms with Crippen molar-refractivity contribution in [3.8, 4) is 0 Å². The van der Waals surface area contributed by atoms with E-state index in [0.29, 0.717) is 12.5 Å². The van der Waals surface area contributed by atoms with E-state index in [2.05, 4.69) is 18.7 Å². The maximum atomic E-state index is 12.7. The average Bonchev–Trinajstić information content (AvgIpc) is 2.76. The smallest absolute Gasteiger partial charge is 0.230 e. The number of amides is 1. The van der Waals surface area contributed by atoms with Crippen LogP contribution >= 0.6 is 11.8 Å². The molecule has 1 aliphatic carbocycles. The molecule has 2 fully saturated rings. The first-order valence-corrected chi connectivity index (χ1v) is 7.61. The lowest BCUT2D eigenvalue weighted by molar-refractivity contribution is -0.141. The highest BCUT2D eigenvalue weighted by atomic mass is 32.2. The van der Waals surface area contributed by atoms with E-state index in [1.54, 1.807) is 0 Å². The lowest BCUT2D eigenvalue weighted by atomic mass is 9.84. The largest absolute Gasteiger partial charge is 0.340 e. The summed E-state index contributed by atoms with van der Waals surface area (Å²) >= 11 is 1.97. The molecule has 0 radical (unpaired) electrons. The molecule has 0 aromatic carbocycles. The topological polar surface area (TPSA) is 46.3 Å². The van der Waals surface area contributed by atoms with Crippen LogP contribution in [0.25, 0.3) is 0 Å². The number of hydrogen-bond donors (Lipinski definition) is 1. The van der Waals surface area contributed by atoms with Crippen LogP contribution in [0, 0.1) is 5.41 Å². The lowest BCUT2D eigenvalue weighted by Crippen LogP contribution is -2.53. The van der Waals surface area contributed by atoms with Crippen LogP contribution in [0.3, 0.4) is 0 Å². The minimum Gasteiger partial charge on any atom is -0.340 e. The Morgan fingerprint density at radius 1 is 1.35 bits per heavy atom. The molecule has 2 aliphatic rings. The van der Waals surface area contributed by atoms with Crippen LogP contribution in [0.15, 0.2) is 0 Å². The SMILES string of the molecule is CC1(C)CN(C(=O)C2(CN)CCCC2)CCS1. The summed E-state index contributed by atoms with van der Waals surface area (Å²) < 4.78 is 0.197. The Kier molecular flexibility index (Phi) is 3.74. The number of rotatable bonds is 2. The second-order valence-electron chi connectivity index (χ2n) is 6.03. The number of hydrogen-bond acceptors (Lipinski definition) is 3. The van der Waals surface area contributed by atoms with E-state index in [0.717, 1.165) is 44.5 Å². The van der Waals surface area contributed by atoms with Gasteiger partial charge < -0.3 is 10.6 Å². The van der Waals surface area contributed by atoms with Crippen molar-refractivity contribution in [2.24, 2.45) is 11.1 Å². The highest BCUT2D eigenvalue weighted by Gasteiger charge is 2.44. The van der Waals surface area contributed by atoms with Crippen molar-refractivity contribution < 1.29 is 4.79 Å². The van der Waals surface area contributed by atoms with Gasteiger partial charge in [-0.05, 0) is 26.7 Å². The summed E-state index contributed by atoms with van der Waals surface area (Å²) in [5, 5.41) is 0. The van der Waals surface area contributed by atoms with Gasteiger partial charge in [0, 0.05) is 30.1 Å². The molecule has 0 spiro atoms. The van der Waals surface area contributed by atoms with Crippen molar-refractivity contribution in [1.82, 2.24) is 4.90 Å². The standard InChI is InChI=1S/C13H24N2OS/c1-12(2)10-15(7-8-17-12)11(16)13(9-14)5-3-4-6-13/h3-10,14H2,1-2H3. The van der Waals surface area contributed by atoms with Crippen LogP contribution in [-0.2, 0) is 4.79 Å². The molecule has 3 nitrogen and oxygen atoms in total. The van der Waals surface area contributed by atoms with Crippen molar-refractivity contribution in [3.05, 3.63) is 0 Å². The summed E-state index contributed by atoms with van der Waals surface area (Å²) in [7, 11) is 0. The molecule has 1 saturated heterocycles. The van der Waals surface area contributed by atoms with Gasteiger partial charge in [0.25, 0.3) is 0 Å². The van der Waals surface area contributed by atoms with Crippen LogP contribution in [0.5, 0.6) is 0 Å². The van der Waals surface area contributed by atoms with Crippen LogP contribution in [0.1, 0.15) is 39.5 Å². The van der Waals surface area contributed by atoms with E-state index in [4.69, 9.17) is 5.73 Å². The summed E-state index contributed by atoms with van der Waals surface area (Å²) in [6.07, 6.45) is 4.31. The van der Waals surface area contributed by atoms with Crippen molar-refractivity contribution in [3.63, 3.8) is 0 Å². The first-order chi connectivity index (χ1) is 7.99. The molecule has 17 heavy (non-hydrogen) atoms. The fourth-order valence-corrected chi connectivity index (χ4v) is 4.19. The van der Waals surface area contributed by atoms with E-state index in [-0.39, 0.29) is 10.2 Å². The summed E-state index contributed by atoms with van der Waals surface area (Å²) in [4.78, 5) is 14.7. The highest BCUT2D eigenvalue weighted by molar-refractivity contribution is 8.00. The van der Waals surface area contributed by atoms with Gasteiger partial charge in [-0.25, -0.2) is 0 Å². The van der Waals surface area contributed by atoms with Gasteiger partial charge in [-0.3, -0.25) is 4.79 Å². The molecular weight excluding hydrogens is 232 g/mol. The number of thioether (sulfide) groups is 1. The summed E-state index contributed by atoms with van der Waals surface area (Å²) in [5.74, 6) is 1.38. The number of carbonyl (C=O) groups excluding carboxylic acids is 1. The molecule has 0 unspecified atom stereocenters. The fraction of sp³-hybridized carbons (Fsp3) is 0.923. The zero-order valence-electron chi connectivity index (χ0n) is 11.0. The molecule has 0 aromatic heterocycles. The molecule has 0 bridgehead atoms. The Hall–Kier alpha value is -0.220. The van der Waals surface area contributed by atoms with Gasteiger partial charge in [0.2, 0.25) is 5.91 Å². The van der Waals surface area contributed by atoms with Crippen LogP contribution < -0.4 is 5.73 Å². The molecule has 0 aromatic rings. The molecule has 1 amide bonds. The predicted molar refractivity (Wildman–Crippen MR) is 73.1 cm³/mol. The lowest BCUT2D eigenvalue weighted by Gasteiger charge is -2.41. The van der Waals surface area contributed by atoms with Gasteiger partial charge >= 0.3 is 0 Å². The van der Waals surface area contributed by atoms with Gasteiger partial charge in [-0.1, -0.05) is 12.8 Å². The average molecular weight is 256 g/mol. The Labute approximate surface area is 108 Å². The van der Waals surface area contributed by atoms with Gasteiger partial charge in [0.1, 0.15) is 0 Å². The zero-order valence-corrected chi connectivity index (χ0v) is 11.8. The maximum absolute atomic E-state index is 12.7. The molecular formula is C13H24N2OS. The third-order valence-electron chi connectivity index (χ3n) is 4.12. The third-order valence-corrected chi connectivity index (χ3v) is 5.42. The van der Waals surface area contributed by atoms with Crippen molar-refractivity contribution in [2.75, 3.05) is 25.4 Å². The molecule has 98 valence electrons. The summed E-state index contributed by atoms with van der Waals surface area (Å²) in [6, 6.07) is 0. The number of carbonyl (C=O) groups is 1. The third kappa shape index (κ3) is 2.63. The Morgan fingerprint density at radius 3 is 2.53 bits per heavy atom. The molecule has 4 heteroatoms. The first kappa shape index (κ1) is 13.2. The Bertz CT molecular complexity index is 298. The van der Waals surface area contributed by atoms with E-state index >= 15 is 0 Å². The van der Waals surface area contributed by atoms with E-state index < -0.39 is 0 Å². The van der Waals surface area contributed by atoms with Crippen LogP contribution in [0.4, 0.5) is 0 Å². The monoisotopic (exact) mass is 256 g/mol. The van der Waals surface area contributed by atoms with Crippen molar-refractivity contribution >= 4 is 17.7 Å². The second kappa shape index (κ2) is 4.81. The predicted octanol–water partition coefficient (Wildman–Crippen LogP) is 1.86. The molecule has 2 rings (SSSR count). The van der Waals surface area contributed by atoms with E-state index in [1.165, 1.54) is 0 Å². The molecule has 1 saturated carbocycles. The second-order valence-corrected chi connectivity index (χ2v) is 7.83. The van der Waals surface area contributed by atoms with Crippen molar-refractivity contribution in [2.45, 2.75) is 44.3 Å². The van der Waals surface area contributed by atoms with Gasteiger partial charge in [0.05, 0.1) is 5.41 Å². The van der Waals surface area contributed by atoms with Gasteiger partial charge in [-0.15, -0.1) is 0 Å². The summed E-state index contributed by atoms with van der Waals surface area (Å²) in [5.41, 5.74) is 5.67. The Morgan fingerprint density at radius 2 is 2.00 bits per heavy atom. The fourth-order valence-electron chi connectivity index (χ4n) is 3.08. The molecule has 2 N–H and O–H groups in total. The quantitative estimate of drug-likeness (QED) is 0.820. The molecule has 1 aliphatic heterocycles. The van der Waals surface area contributed by atoms with Crippen LogP contribution in [-0.4, -0.2) is 40.9 Å². The van der Waals surface area contributed by atoms with E-state index in [9.17, 15) is 4.79 Å². The van der Waals surface area contributed by atoms with Crippen molar-refractivity contribution in [1.29, 1.82) is 0 Å². The van der Waals surface area contributed by atoms with Crippen LogP contribution in [0.2, 0.25) is 0 Å². The maximum Gasteiger partial charge on any atom is 0.230 e. The first-order valence-electron chi connectivity index (χ1n) is 6.63. The zero-order chi connectivity index (χ0) is 12.5. The molecule has 1 heterocycles. The normalized spacial score (nSPS) is 27.1. The van der Waals surface area contributed by atoms with E-state index in [1.807, 2.05) is 11.8 Å². The number of nitrogens with zero attached hydrogens (tertiary/aromatic N) is 1.